The number of carbonyl (C=O) groups excluding carboxylic acids is 1. The van der Waals surface area contributed by atoms with Gasteiger partial charge in [0.2, 0.25) is 5.91 Å². The lowest BCUT2D eigenvalue weighted by atomic mass is 9.98. The topological polar surface area (TPSA) is 109 Å². The largest absolute Gasteiger partial charge is 0.387 e. The number of aliphatic hydroxyl groups is 2. The van der Waals surface area contributed by atoms with Crippen LogP contribution < -0.4 is 10.2 Å². The van der Waals surface area contributed by atoms with Crippen LogP contribution in [-0.4, -0.2) is 78.4 Å². The predicted molar refractivity (Wildman–Crippen MR) is 87.4 cm³/mol. The zero-order valence-electron chi connectivity index (χ0n) is 11.9. The Labute approximate surface area is 146 Å². The van der Waals surface area contributed by atoms with Gasteiger partial charge in [0.05, 0.1) is 6.61 Å². The molecule has 10 heteroatoms. The number of ether oxygens (including phenoxy) is 3. The first-order chi connectivity index (χ1) is 10.6. The van der Waals surface area contributed by atoms with E-state index in [1.165, 1.54) is 0 Å². The second-order valence-electron chi connectivity index (χ2n) is 5.17. The van der Waals surface area contributed by atoms with Crippen LogP contribution in [-0.2, 0) is 19.0 Å². The second-order valence-corrected chi connectivity index (χ2v) is 5.76. The highest BCUT2D eigenvalue weighted by atomic mass is 35.5. The molecule has 8 nitrogen and oxygen atoms in total. The fraction of sp³-hybridized carbons (Fsp3) is 0.923. The molecule has 0 aromatic rings. The molecule has 2 bridgehead atoms. The van der Waals surface area contributed by atoms with Gasteiger partial charge in [-0.25, -0.2) is 4.84 Å². The van der Waals surface area contributed by atoms with Crippen molar-refractivity contribution in [1.29, 1.82) is 0 Å². The van der Waals surface area contributed by atoms with Gasteiger partial charge >= 0.3 is 0 Å². The van der Waals surface area contributed by atoms with E-state index in [2.05, 4.69) is 22.8 Å². The normalized spacial score (nSPS) is 35.4. The van der Waals surface area contributed by atoms with Gasteiger partial charge in [0.25, 0.3) is 0 Å². The fourth-order valence-electron chi connectivity index (χ4n) is 2.38. The number of nitrogens with one attached hydrogen (secondary N) is 2. The maximum atomic E-state index is 11.9. The quantitative estimate of drug-likeness (QED) is 0.312. The maximum Gasteiger partial charge on any atom is 0.239 e. The Morgan fingerprint density at radius 1 is 1.30 bits per heavy atom. The Morgan fingerprint density at radius 2 is 2.00 bits per heavy atom. The first-order valence-corrected chi connectivity index (χ1v) is 8.09. The number of halogens is 1. The van der Waals surface area contributed by atoms with E-state index in [-0.39, 0.29) is 25.6 Å². The van der Waals surface area contributed by atoms with Crippen molar-refractivity contribution < 1.29 is 29.2 Å². The number of thiol groups is 1. The summed E-state index contributed by atoms with van der Waals surface area (Å²) in [5.41, 5.74) is 0. The van der Waals surface area contributed by atoms with E-state index in [1.807, 2.05) is 0 Å². The molecule has 3 heterocycles. The Hall–Kier alpha value is -0.130. The summed E-state index contributed by atoms with van der Waals surface area (Å²) in [4.78, 5) is 14.2. The summed E-state index contributed by atoms with van der Waals surface area (Å²) < 4.78 is 16.6. The SMILES string of the molecule is C.O=C(NCC1OC2OCCCOC1C(O)C2O)[C@H](CS)NCl. The molecular formula is C13H25ClN2O6S. The number of hydrogen-bond acceptors (Lipinski definition) is 8. The first-order valence-electron chi connectivity index (χ1n) is 7.08. The Balaban J connectivity index is 0.00000264. The van der Waals surface area contributed by atoms with Crippen molar-refractivity contribution in [2.75, 3.05) is 25.5 Å². The lowest BCUT2D eigenvalue weighted by Gasteiger charge is -2.41. The van der Waals surface area contributed by atoms with Crippen LogP contribution in [0.5, 0.6) is 0 Å². The van der Waals surface area contributed by atoms with Gasteiger partial charge in [0.15, 0.2) is 6.29 Å². The van der Waals surface area contributed by atoms with Crippen molar-refractivity contribution in [3.05, 3.63) is 0 Å². The molecule has 4 N–H and O–H groups in total. The minimum absolute atomic E-state index is 0. The highest BCUT2D eigenvalue weighted by molar-refractivity contribution is 7.80. The van der Waals surface area contributed by atoms with E-state index in [9.17, 15) is 15.0 Å². The molecule has 0 aromatic carbocycles. The van der Waals surface area contributed by atoms with Gasteiger partial charge in [-0.3, -0.25) is 4.79 Å². The van der Waals surface area contributed by atoms with Crippen LogP contribution in [0.1, 0.15) is 13.8 Å². The molecular weight excluding hydrogens is 348 g/mol. The molecule has 0 aromatic heterocycles. The number of aliphatic hydroxyl groups excluding tert-OH is 2. The van der Waals surface area contributed by atoms with E-state index in [1.54, 1.807) is 0 Å². The summed E-state index contributed by atoms with van der Waals surface area (Å²) in [7, 11) is 0. The summed E-state index contributed by atoms with van der Waals surface area (Å²) in [6.45, 7) is 0.825. The van der Waals surface area contributed by atoms with Gasteiger partial charge in [-0.2, -0.15) is 12.6 Å². The van der Waals surface area contributed by atoms with E-state index < -0.39 is 36.7 Å². The maximum absolute atomic E-state index is 11.9. The molecule has 6 atom stereocenters. The van der Waals surface area contributed by atoms with E-state index in [0.29, 0.717) is 19.6 Å². The zero-order valence-corrected chi connectivity index (χ0v) is 13.5. The highest BCUT2D eigenvalue weighted by Gasteiger charge is 2.46. The molecule has 3 fully saturated rings. The molecule has 0 saturated carbocycles. The Bertz CT molecular complexity index is 374. The predicted octanol–water partition coefficient (Wildman–Crippen LogP) is -0.967. The molecule has 3 aliphatic rings. The molecule has 0 aliphatic carbocycles. The van der Waals surface area contributed by atoms with Crippen LogP contribution in [0.15, 0.2) is 0 Å². The third kappa shape index (κ3) is 5.17. The van der Waals surface area contributed by atoms with Crippen molar-refractivity contribution in [1.82, 2.24) is 10.2 Å². The second kappa shape index (κ2) is 10.00. The van der Waals surface area contributed by atoms with Crippen LogP contribution in [0.2, 0.25) is 0 Å². The third-order valence-electron chi connectivity index (χ3n) is 3.63. The molecule has 3 aliphatic heterocycles. The van der Waals surface area contributed by atoms with E-state index >= 15 is 0 Å². The van der Waals surface area contributed by atoms with Crippen LogP contribution in [0.4, 0.5) is 0 Å². The van der Waals surface area contributed by atoms with Gasteiger partial charge < -0.3 is 29.7 Å². The van der Waals surface area contributed by atoms with Gasteiger partial charge in [-0.15, -0.1) is 0 Å². The van der Waals surface area contributed by atoms with Crippen molar-refractivity contribution in [3.63, 3.8) is 0 Å². The van der Waals surface area contributed by atoms with Gasteiger partial charge in [0.1, 0.15) is 30.5 Å². The van der Waals surface area contributed by atoms with Crippen LogP contribution in [0.25, 0.3) is 0 Å². The van der Waals surface area contributed by atoms with Gasteiger partial charge in [-0.1, -0.05) is 7.43 Å². The van der Waals surface area contributed by atoms with E-state index in [0.717, 1.165) is 0 Å². The summed E-state index contributed by atoms with van der Waals surface area (Å²) in [5.74, 6) is -0.117. The first kappa shape index (κ1) is 20.9. The molecule has 136 valence electrons. The molecule has 5 unspecified atom stereocenters. The van der Waals surface area contributed by atoms with E-state index in [4.69, 9.17) is 26.0 Å². The average molecular weight is 373 g/mol. The minimum Gasteiger partial charge on any atom is -0.387 e. The number of rotatable bonds is 5. The van der Waals surface area contributed by atoms with Crippen molar-refractivity contribution >= 4 is 30.3 Å². The van der Waals surface area contributed by atoms with Crippen molar-refractivity contribution in [2.45, 2.75) is 50.6 Å². The monoisotopic (exact) mass is 372 g/mol. The summed E-state index contributed by atoms with van der Waals surface area (Å²) in [6, 6.07) is -0.647. The summed E-state index contributed by atoms with van der Waals surface area (Å²) >= 11 is 9.46. The van der Waals surface area contributed by atoms with Gasteiger partial charge in [-0.05, 0) is 18.2 Å². The molecule has 0 spiro atoms. The smallest absolute Gasteiger partial charge is 0.239 e. The van der Waals surface area contributed by atoms with Crippen molar-refractivity contribution in [3.8, 4) is 0 Å². The lowest BCUT2D eigenvalue weighted by molar-refractivity contribution is -0.292. The fourth-order valence-corrected chi connectivity index (χ4v) is 2.92. The summed E-state index contributed by atoms with van der Waals surface area (Å²) in [5, 5.41) is 22.7. The number of hydrogen-bond donors (Lipinski definition) is 5. The number of carbonyl (C=O) groups is 1. The standard InChI is InChI=1S/C12H21ClN2O6S.CH4/c13-15-6(5-22)11(18)14-4-7-10-8(16)9(17)12(21-7)20-3-1-2-19-10;/h6-10,12,15-17,22H,1-5H2,(H,14,18);1H4/t6-,7?,8?,9?,10?,12?;/m0./s1. The zero-order chi connectivity index (χ0) is 16.1. The average Bonchev–Trinajstić information content (AvgIpc) is 2.65. The molecule has 1 amide bonds. The molecule has 3 rings (SSSR count). The molecule has 3 saturated heterocycles. The van der Waals surface area contributed by atoms with Gasteiger partial charge in [0, 0.05) is 18.9 Å². The summed E-state index contributed by atoms with van der Waals surface area (Å²) in [6.07, 6.45) is -4.03. The lowest BCUT2D eigenvalue weighted by Crippen LogP contribution is -2.61. The van der Waals surface area contributed by atoms with Crippen LogP contribution >= 0.6 is 24.4 Å². The Kier molecular flexibility index (Phi) is 9.09. The van der Waals surface area contributed by atoms with Crippen molar-refractivity contribution in [2.24, 2.45) is 0 Å². The number of amides is 1. The third-order valence-corrected chi connectivity index (χ3v) is 4.26. The molecule has 23 heavy (non-hydrogen) atoms. The van der Waals surface area contributed by atoms with Crippen LogP contribution in [0, 0.1) is 0 Å². The molecule has 0 radical (unpaired) electrons. The number of fused-ring (bicyclic) bond motifs is 6. The Morgan fingerprint density at radius 3 is 2.65 bits per heavy atom. The minimum atomic E-state index is -1.19. The van der Waals surface area contributed by atoms with Crippen LogP contribution in [0.3, 0.4) is 0 Å². The highest BCUT2D eigenvalue weighted by Crippen LogP contribution is 2.25.